The first-order valence-electron chi connectivity index (χ1n) is 5.23. The van der Waals surface area contributed by atoms with Gasteiger partial charge in [0.1, 0.15) is 5.82 Å². The highest BCUT2D eigenvalue weighted by atomic mass is 19.1. The van der Waals surface area contributed by atoms with Crippen molar-refractivity contribution in [3.63, 3.8) is 0 Å². The molecular weight excluding hydrogens is 209 g/mol. The largest absolute Gasteiger partial charge is 0.326 e. The molecule has 1 saturated heterocycles. The van der Waals surface area contributed by atoms with E-state index in [0.717, 1.165) is 6.42 Å². The summed E-state index contributed by atoms with van der Waals surface area (Å²) in [6.07, 6.45) is 0.796. The third-order valence-electron chi connectivity index (χ3n) is 2.63. The van der Waals surface area contributed by atoms with Gasteiger partial charge < -0.3 is 16.0 Å². The number of nitrogens with one attached hydrogen (secondary N) is 1. The molecule has 1 heterocycles. The molecule has 0 unspecified atom stereocenters. The van der Waals surface area contributed by atoms with Crippen LogP contribution in [-0.2, 0) is 0 Å². The topological polar surface area (TPSA) is 58.4 Å². The van der Waals surface area contributed by atoms with Gasteiger partial charge >= 0.3 is 6.03 Å². The second-order valence-corrected chi connectivity index (χ2v) is 3.90. The summed E-state index contributed by atoms with van der Waals surface area (Å²) in [5.74, 6) is -0.431. The molecule has 2 amide bonds. The van der Waals surface area contributed by atoms with E-state index in [1.807, 2.05) is 0 Å². The van der Waals surface area contributed by atoms with E-state index in [2.05, 4.69) is 5.32 Å². The van der Waals surface area contributed by atoms with Crippen LogP contribution in [0.15, 0.2) is 24.3 Å². The molecule has 1 atom stereocenters. The molecule has 0 bridgehead atoms. The van der Waals surface area contributed by atoms with Gasteiger partial charge in [0.2, 0.25) is 0 Å². The number of para-hydroxylation sites is 1. The van der Waals surface area contributed by atoms with Gasteiger partial charge in [-0.25, -0.2) is 9.18 Å². The van der Waals surface area contributed by atoms with Crippen molar-refractivity contribution < 1.29 is 9.18 Å². The van der Waals surface area contributed by atoms with Crippen LogP contribution in [0.25, 0.3) is 0 Å². The van der Waals surface area contributed by atoms with Crippen LogP contribution >= 0.6 is 0 Å². The molecule has 0 spiro atoms. The monoisotopic (exact) mass is 223 g/mol. The van der Waals surface area contributed by atoms with Gasteiger partial charge in [0.15, 0.2) is 0 Å². The number of amides is 2. The molecule has 86 valence electrons. The Morgan fingerprint density at radius 1 is 1.50 bits per heavy atom. The number of halogens is 1. The van der Waals surface area contributed by atoms with E-state index in [1.165, 1.54) is 12.1 Å². The minimum absolute atomic E-state index is 0.0337. The zero-order chi connectivity index (χ0) is 11.5. The minimum Gasteiger partial charge on any atom is -0.326 e. The van der Waals surface area contributed by atoms with Crippen molar-refractivity contribution in [2.24, 2.45) is 5.73 Å². The van der Waals surface area contributed by atoms with Gasteiger partial charge in [0, 0.05) is 19.1 Å². The quantitative estimate of drug-likeness (QED) is 0.755. The number of likely N-dealkylation sites (tertiary alicyclic amines) is 1. The van der Waals surface area contributed by atoms with Gasteiger partial charge in [-0.2, -0.15) is 0 Å². The number of benzene rings is 1. The number of rotatable bonds is 1. The summed E-state index contributed by atoms with van der Waals surface area (Å²) in [4.78, 5) is 13.3. The first kappa shape index (κ1) is 10.9. The highest BCUT2D eigenvalue weighted by Gasteiger charge is 2.23. The van der Waals surface area contributed by atoms with Gasteiger partial charge in [-0.1, -0.05) is 12.1 Å². The van der Waals surface area contributed by atoms with Gasteiger partial charge in [-0.15, -0.1) is 0 Å². The molecule has 1 aromatic carbocycles. The molecule has 1 aliphatic rings. The van der Waals surface area contributed by atoms with Crippen LogP contribution in [-0.4, -0.2) is 30.1 Å². The van der Waals surface area contributed by atoms with Crippen LogP contribution in [0.4, 0.5) is 14.9 Å². The Balaban J connectivity index is 2.00. The normalized spacial score (nSPS) is 19.9. The highest BCUT2D eigenvalue weighted by molar-refractivity contribution is 5.89. The van der Waals surface area contributed by atoms with Crippen LogP contribution in [0.1, 0.15) is 6.42 Å². The number of anilines is 1. The molecular formula is C11H14FN3O. The van der Waals surface area contributed by atoms with Crippen molar-refractivity contribution in [1.82, 2.24) is 4.90 Å². The molecule has 0 aliphatic carbocycles. The maximum atomic E-state index is 13.3. The number of carbonyl (C=O) groups excluding carboxylic acids is 1. The van der Waals surface area contributed by atoms with Crippen molar-refractivity contribution in [3.05, 3.63) is 30.1 Å². The van der Waals surface area contributed by atoms with Gasteiger partial charge in [-0.3, -0.25) is 0 Å². The number of nitrogens with two attached hydrogens (primary N) is 1. The second kappa shape index (κ2) is 4.49. The van der Waals surface area contributed by atoms with Crippen molar-refractivity contribution in [2.45, 2.75) is 12.5 Å². The summed E-state index contributed by atoms with van der Waals surface area (Å²) in [6.45, 7) is 1.15. The van der Waals surface area contributed by atoms with Crippen LogP contribution in [0.3, 0.4) is 0 Å². The van der Waals surface area contributed by atoms with Crippen molar-refractivity contribution >= 4 is 11.7 Å². The summed E-state index contributed by atoms with van der Waals surface area (Å²) >= 11 is 0. The van der Waals surface area contributed by atoms with E-state index in [1.54, 1.807) is 17.0 Å². The fourth-order valence-corrected chi connectivity index (χ4v) is 1.73. The van der Waals surface area contributed by atoms with Crippen LogP contribution in [0.2, 0.25) is 0 Å². The zero-order valence-electron chi connectivity index (χ0n) is 8.82. The Morgan fingerprint density at radius 2 is 2.25 bits per heavy atom. The fourth-order valence-electron chi connectivity index (χ4n) is 1.73. The Hall–Kier alpha value is -1.62. The average molecular weight is 223 g/mol. The molecule has 2 rings (SSSR count). The van der Waals surface area contributed by atoms with Gasteiger partial charge in [0.25, 0.3) is 0 Å². The molecule has 1 aliphatic heterocycles. The molecule has 0 aromatic heterocycles. The summed E-state index contributed by atoms with van der Waals surface area (Å²) in [5, 5.41) is 2.53. The minimum atomic E-state index is -0.431. The Labute approximate surface area is 93.2 Å². The number of nitrogens with zero attached hydrogens (tertiary/aromatic N) is 1. The van der Waals surface area contributed by atoms with Crippen LogP contribution < -0.4 is 11.1 Å². The molecule has 5 heteroatoms. The maximum absolute atomic E-state index is 13.3. The Morgan fingerprint density at radius 3 is 2.88 bits per heavy atom. The maximum Gasteiger partial charge on any atom is 0.321 e. The summed E-state index contributed by atoms with van der Waals surface area (Å²) < 4.78 is 13.3. The van der Waals surface area contributed by atoms with Crippen molar-refractivity contribution in [3.8, 4) is 0 Å². The lowest BCUT2D eigenvalue weighted by Crippen LogP contribution is -2.35. The molecule has 1 aromatic rings. The number of urea groups is 1. The van der Waals surface area contributed by atoms with Crippen molar-refractivity contribution in [1.29, 1.82) is 0 Å². The molecule has 0 saturated carbocycles. The molecule has 0 radical (unpaired) electrons. The zero-order valence-corrected chi connectivity index (χ0v) is 8.82. The van der Waals surface area contributed by atoms with E-state index in [-0.39, 0.29) is 17.8 Å². The lowest BCUT2D eigenvalue weighted by atomic mass is 10.3. The number of hydrogen-bond donors (Lipinski definition) is 2. The van der Waals surface area contributed by atoms with E-state index in [9.17, 15) is 9.18 Å². The van der Waals surface area contributed by atoms with E-state index >= 15 is 0 Å². The van der Waals surface area contributed by atoms with Gasteiger partial charge in [0.05, 0.1) is 5.69 Å². The Bertz CT molecular complexity index is 397. The lowest BCUT2D eigenvalue weighted by Gasteiger charge is -2.16. The Kier molecular flexibility index (Phi) is 3.05. The molecule has 1 fully saturated rings. The second-order valence-electron chi connectivity index (χ2n) is 3.90. The first-order chi connectivity index (χ1) is 7.66. The SMILES string of the molecule is N[C@H]1CCN(C(=O)Nc2ccccc2F)C1. The summed E-state index contributed by atoms with van der Waals surface area (Å²) in [6, 6.07) is 5.84. The van der Waals surface area contributed by atoms with E-state index in [4.69, 9.17) is 5.73 Å². The number of carbonyl (C=O) groups is 1. The third-order valence-corrected chi connectivity index (χ3v) is 2.63. The standard InChI is InChI=1S/C11H14FN3O/c12-9-3-1-2-4-10(9)14-11(16)15-6-5-8(13)7-15/h1-4,8H,5-7,13H2,(H,14,16)/t8-/m0/s1. The predicted molar refractivity (Wildman–Crippen MR) is 59.6 cm³/mol. The predicted octanol–water partition coefficient (Wildman–Crippen LogP) is 1.39. The average Bonchev–Trinajstić information content (AvgIpc) is 2.68. The van der Waals surface area contributed by atoms with Crippen LogP contribution in [0.5, 0.6) is 0 Å². The molecule has 16 heavy (non-hydrogen) atoms. The number of hydrogen-bond acceptors (Lipinski definition) is 2. The van der Waals surface area contributed by atoms with E-state index in [0.29, 0.717) is 13.1 Å². The van der Waals surface area contributed by atoms with Crippen molar-refractivity contribution in [2.75, 3.05) is 18.4 Å². The molecule has 4 nitrogen and oxygen atoms in total. The first-order valence-corrected chi connectivity index (χ1v) is 5.23. The smallest absolute Gasteiger partial charge is 0.321 e. The lowest BCUT2D eigenvalue weighted by molar-refractivity contribution is 0.222. The third kappa shape index (κ3) is 2.30. The van der Waals surface area contributed by atoms with Gasteiger partial charge in [-0.05, 0) is 18.6 Å². The summed E-state index contributed by atoms with van der Waals surface area (Å²) in [5.41, 5.74) is 5.89. The van der Waals surface area contributed by atoms with Crippen LogP contribution in [0, 0.1) is 5.82 Å². The fraction of sp³-hybridized carbons (Fsp3) is 0.364. The highest BCUT2D eigenvalue weighted by Crippen LogP contribution is 2.15. The molecule has 3 N–H and O–H groups in total. The summed E-state index contributed by atoms with van der Waals surface area (Å²) in [7, 11) is 0. The van der Waals surface area contributed by atoms with E-state index < -0.39 is 5.82 Å².